The second-order valence-corrected chi connectivity index (χ2v) is 13.4. The van der Waals surface area contributed by atoms with E-state index in [1.165, 1.54) is 28.0 Å². The van der Waals surface area contributed by atoms with E-state index in [1.54, 1.807) is 18.4 Å². The maximum Gasteiger partial charge on any atom is 0.271 e. The third-order valence-electron chi connectivity index (χ3n) is 7.53. The van der Waals surface area contributed by atoms with Gasteiger partial charge < -0.3 is 9.47 Å². The van der Waals surface area contributed by atoms with Gasteiger partial charge in [0.25, 0.3) is 5.56 Å². The number of aryl methyl sites for hydroxylation is 1. The van der Waals surface area contributed by atoms with Crippen molar-refractivity contribution in [2.24, 2.45) is 4.99 Å². The average molecular weight is 676 g/mol. The smallest absolute Gasteiger partial charge is 0.271 e. The Balaban J connectivity index is 1.30. The Bertz CT molecular complexity index is 2030. The third-order valence-corrected chi connectivity index (χ3v) is 10.3. The predicted molar refractivity (Wildman–Crippen MR) is 174 cm³/mol. The molecule has 9 heteroatoms. The van der Waals surface area contributed by atoms with Gasteiger partial charge in [-0.2, -0.15) is 0 Å². The number of thiazole rings is 1. The summed E-state index contributed by atoms with van der Waals surface area (Å²) in [5.74, 6) is 1.16. The maximum absolute atomic E-state index is 14.0. The topological polar surface area (TPSA) is 52.8 Å². The van der Waals surface area contributed by atoms with Gasteiger partial charge in [0, 0.05) is 15.5 Å². The summed E-state index contributed by atoms with van der Waals surface area (Å²) in [5, 5.41) is 2.75. The minimum atomic E-state index is -0.156. The van der Waals surface area contributed by atoms with Crippen molar-refractivity contribution in [3.8, 4) is 11.5 Å². The highest BCUT2D eigenvalue weighted by molar-refractivity contribution is 9.10. The first-order valence-electron chi connectivity index (χ1n) is 13.4. The molecule has 0 saturated heterocycles. The maximum atomic E-state index is 14.0. The quantitative estimate of drug-likeness (QED) is 0.189. The SMILES string of the molecule is COc1cc(/C=c2\sc3n(c2=O)[C@@H](c2cccs2)C2=C(N=3)c3ccccc3CC2)cc(Br)c1OCc1ccc(Cl)cc1. The van der Waals surface area contributed by atoms with Crippen LogP contribution in [0.2, 0.25) is 5.02 Å². The van der Waals surface area contributed by atoms with Crippen molar-refractivity contribution in [2.45, 2.75) is 25.5 Å². The Morgan fingerprint density at radius 2 is 1.93 bits per heavy atom. The summed E-state index contributed by atoms with van der Waals surface area (Å²) in [7, 11) is 1.61. The normalized spacial score (nSPS) is 16.0. The predicted octanol–water partition coefficient (Wildman–Crippen LogP) is 7.38. The number of fused-ring (bicyclic) bond motifs is 3. The van der Waals surface area contributed by atoms with Crippen LogP contribution in [0.5, 0.6) is 11.5 Å². The molecule has 3 heterocycles. The van der Waals surface area contributed by atoms with E-state index in [1.807, 2.05) is 53.1 Å². The van der Waals surface area contributed by atoms with E-state index >= 15 is 0 Å². The van der Waals surface area contributed by atoms with E-state index in [9.17, 15) is 4.79 Å². The highest BCUT2D eigenvalue weighted by Gasteiger charge is 2.33. The van der Waals surface area contributed by atoms with Crippen LogP contribution in [0.3, 0.4) is 0 Å². The first kappa shape index (κ1) is 27.4. The fourth-order valence-corrected chi connectivity index (χ4v) is 8.12. The molecule has 0 spiro atoms. The van der Waals surface area contributed by atoms with Crippen LogP contribution < -0.4 is 24.4 Å². The molecule has 5 aromatic rings. The number of hydrogen-bond donors (Lipinski definition) is 0. The lowest BCUT2D eigenvalue weighted by Gasteiger charge is -2.30. The molecule has 210 valence electrons. The fourth-order valence-electron chi connectivity index (χ4n) is 5.57. The van der Waals surface area contributed by atoms with E-state index in [-0.39, 0.29) is 11.6 Å². The van der Waals surface area contributed by atoms with Crippen LogP contribution in [0.4, 0.5) is 0 Å². The number of aromatic nitrogens is 1. The van der Waals surface area contributed by atoms with Crippen LogP contribution in [0, 0.1) is 0 Å². The lowest BCUT2D eigenvalue weighted by Crippen LogP contribution is -2.38. The minimum Gasteiger partial charge on any atom is -0.493 e. The second kappa shape index (κ2) is 11.3. The molecule has 1 aliphatic carbocycles. The lowest BCUT2D eigenvalue weighted by atomic mass is 9.85. The zero-order chi connectivity index (χ0) is 28.8. The number of nitrogens with zero attached hydrogens (tertiary/aromatic N) is 2. The summed E-state index contributed by atoms with van der Waals surface area (Å²) in [6, 6.07) is 23.8. The molecule has 0 radical (unpaired) electrons. The molecule has 0 N–H and O–H groups in total. The highest BCUT2D eigenvalue weighted by Crippen LogP contribution is 2.42. The molecule has 2 aromatic heterocycles. The Morgan fingerprint density at radius 1 is 1.10 bits per heavy atom. The number of thiophene rings is 1. The molecule has 0 fully saturated rings. The molecule has 5 nitrogen and oxygen atoms in total. The molecule has 1 aliphatic heterocycles. The summed E-state index contributed by atoms with van der Waals surface area (Å²) in [5.41, 5.74) is 6.46. The summed E-state index contributed by atoms with van der Waals surface area (Å²) < 4.78 is 15.0. The molecular formula is C33H24BrClN2O3S2. The molecular weight excluding hydrogens is 652 g/mol. The van der Waals surface area contributed by atoms with Gasteiger partial charge in [0.15, 0.2) is 16.3 Å². The van der Waals surface area contributed by atoms with E-state index in [4.69, 9.17) is 26.1 Å². The molecule has 1 atom stereocenters. The van der Waals surface area contributed by atoms with E-state index < -0.39 is 0 Å². The first-order chi connectivity index (χ1) is 20.5. The van der Waals surface area contributed by atoms with Crippen LogP contribution in [-0.4, -0.2) is 11.7 Å². The number of rotatable bonds is 6. The van der Waals surface area contributed by atoms with E-state index in [0.29, 0.717) is 32.5 Å². The number of halogens is 2. The van der Waals surface area contributed by atoms with Crippen LogP contribution in [0.25, 0.3) is 11.8 Å². The van der Waals surface area contributed by atoms with Gasteiger partial charge in [-0.1, -0.05) is 65.4 Å². The van der Waals surface area contributed by atoms with E-state index in [0.717, 1.165) is 39.0 Å². The van der Waals surface area contributed by atoms with Crippen molar-refractivity contribution in [1.29, 1.82) is 0 Å². The van der Waals surface area contributed by atoms with Crippen molar-refractivity contribution in [1.82, 2.24) is 4.57 Å². The van der Waals surface area contributed by atoms with Gasteiger partial charge in [-0.05, 0) is 92.8 Å². The molecule has 0 unspecified atom stereocenters. The molecule has 0 saturated carbocycles. The average Bonchev–Trinajstić information content (AvgIpc) is 3.64. The Kier molecular flexibility index (Phi) is 7.40. The van der Waals surface area contributed by atoms with Crippen LogP contribution >= 0.6 is 50.2 Å². The number of allylic oxidation sites excluding steroid dienone is 1. The first-order valence-corrected chi connectivity index (χ1v) is 16.3. The molecule has 2 aliphatic rings. The molecule has 0 amide bonds. The number of methoxy groups -OCH3 is 1. The zero-order valence-electron chi connectivity index (χ0n) is 22.5. The Hall–Kier alpha value is -3.43. The summed E-state index contributed by atoms with van der Waals surface area (Å²) >= 11 is 12.8. The Morgan fingerprint density at radius 3 is 2.71 bits per heavy atom. The van der Waals surface area contributed by atoms with Gasteiger partial charge in [-0.15, -0.1) is 11.3 Å². The van der Waals surface area contributed by atoms with Crippen molar-refractivity contribution in [3.05, 3.63) is 140 Å². The zero-order valence-corrected chi connectivity index (χ0v) is 26.4. The standard InChI is InChI=1S/C33H24BrClN2O3S2/c1-39-26-16-20(15-25(34)31(26)40-18-19-8-11-22(35)12-9-19)17-28-32(38)37-30(27-7-4-14-41-27)24-13-10-21-5-2-3-6-23(21)29(24)36-33(37)42-28/h2-9,11-12,14-17,30H,10,13,18H2,1H3/b28-17-/t30-/m1/s1. The summed E-state index contributed by atoms with van der Waals surface area (Å²) in [6.45, 7) is 0.362. The number of ether oxygens (including phenoxy) is 2. The van der Waals surface area contributed by atoms with Gasteiger partial charge in [0.2, 0.25) is 0 Å². The summed E-state index contributed by atoms with van der Waals surface area (Å²) in [4.78, 5) is 21.0. The van der Waals surface area contributed by atoms with Crippen molar-refractivity contribution < 1.29 is 9.47 Å². The highest BCUT2D eigenvalue weighted by atomic mass is 79.9. The van der Waals surface area contributed by atoms with Crippen molar-refractivity contribution in [3.63, 3.8) is 0 Å². The van der Waals surface area contributed by atoms with E-state index in [2.05, 4.69) is 51.6 Å². The van der Waals surface area contributed by atoms with Gasteiger partial charge in [-0.3, -0.25) is 9.36 Å². The Labute approximate surface area is 263 Å². The van der Waals surface area contributed by atoms with Crippen molar-refractivity contribution >= 4 is 62.0 Å². The second-order valence-electron chi connectivity index (χ2n) is 10.1. The lowest BCUT2D eigenvalue weighted by molar-refractivity contribution is 0.282. The van der Waals surface area contributed by atoms with Crippen LogP contribution in [0.15, 0.2) is 98.0 Å². The molecule has 0 bridgehead atoms. The van der Waals surface area contributed by atoms with Gasteiger partial charge in [-0.25, -0.2) is 4.99 Å². The monoisotopic (exact) mass is 674 g/mol. The van der Waals surface area contributed by atoms with Crippen LogP contribution in [0.1, 0.15) is 39.6 Å². The van der Waals surface area contributed by atoms with Gasteiger partial charge in [0.1, 0.15) is 6.61 Å². The molecule has 7 rings (SSSR count). The fraction of sp³-hybridized carbons (Fsp3) is 0.152. The molecule has 3 aromatic carbocycles. The van der Waals surface area contributed by atoms with Gasteiger partial charge in [0.05, 0.1) is 27.9 Å². The van der Waals surface area contributed by atoms with Crippen molar-refractivity contribution in [2.75, 3.05) is 7.11 Å². The number of benzene rings is 3. The number of hydrogen-bond acceptors (Lipinski definition) is 6. The summed E-state index contributed by atoms with van der Waals surface area (Å²) in [6.07, 6.45) is 3.73. The minimum absolute atomic E-state index is 0.0410. The third kappa shape index (κ3) is 4.96. The van der Waals surface area contributed by atoms with Gasteiger partial charge >= 0.3 is 0 Å². The molecule has 42 heavy (non-hydrogen) atoms. The van der Waals surface area contributed by atoms with Crippen LogP contribution in [-0.2, 0) is 13.0 Å². The largest absolute Gasteiger partial charge is 0.493 e.